The van der Waals surface area contributed by atoms with Crippen LogP contribution in [0.5, 0.6) is 0 Å². The van der Waals surface area contributed by atoms with Crippen molar-refractivity contribution in [1.82, 2.24) is 10.6 Å². The lowest BCUT2D eigenvalue weighted by atomic mass is 10.1. The number of benzene rings is 1. The summed E-state index contributed by atoms with van der Waals surface area (Å²) >= 11 is 6.05. The summed E-state index contributed by atoms with van der Waals surface area (Å²) < 4.78 is 10.4. The van der Waals surface area contributed by atoms with Crippen LogP contribution in [-0.4, -0.2) is 38.9 Å². The Hall–Kier alpha value is -1.30. The minimum absolute atomic E-state index is 0.0654. The summed E-state index contributed by atoms with van der Waals surface area (Å²) in [5.41, 5.74) is 1.04. The fourth-order valence-electron chi connectivity index (χ4n) is 1.98. The monoisotopic (exact) mass is 328 g/mol. The molecule has 1 rings (SSSR count). The molecule has 0 aliphatic carbocycles. The van der Waals surface area contributed by atoms with E-state index in [1.807, 2.05) is 24.3 Å². The molecule has 1 aromatic rings. The maximum Gasteiger partial charge on any atom is 0.406 e. The summed E-state index contributed by atoms with van der Waals surface area (Å²) in [6.07, 6.45) is 0.310. The Morgan fingerprint density at radius 2 is 2.09 bits per heavy atom. The van der Waals surface area contributed by atoms with Crippen LogP contribution in [0.4, 0.5) is 4.79 Å². The van der Waals surface area contributed by atoms with Gasteiger partial charge in [-0.05, 0) is 30.7 Å². The van der Waals surface area contributed by atoms with Crippen molar-refractivity contribution in [2.45, 2.75) is 32.4 Å². The van der Waals surface area contributed by atoms with Crippen molar-refractivity contribution in [2.24, 2.45) is 0 Å². The summed E-state index contributed by atoms with van der Waals surface area (Å²) in [5.74, 6) is 0. The number of hydrogen-bond acceptors (Lipinski definition) is 4. The molecule has 0 radical (unpaired) electrons. The second-order valence-electron chi connectivity index (χ2n) is 5.23. The SMILES string of the molecule is COC(=O)NCCOC(CCNC(C)C)c1cccc(Cl)c1. The number of amides is 1. The molecular weight excluding hydrogens is 304 g/mol. The molecule has 0 saturated heterocycles. The lowest BCUT2D eigenvalue weighted by Crippen LogP contribution is -2.28. The number of halogens is 1. The second kappa shape index (κ2) is 10.4. The zero-order valence-corrected chi connectivity index (χ0v) is 14.2. The third kappa shape index (κ3) is 7.64. The highest BCUT2D eigenvalue weighted by molar-refractivity contribution is 6.30. The van der Waals surface area contributed by atoms with Gasteiger partial charge < -0.3 is 20.1 Å². The standard InChI is InChI=1S/C16H25ClN2O3/c1-12(2)18-8-7-15(13-5-4-6-14(17)11-13)22-10-9-19-16(20)21-3/h4-6,11-12,15,18H,7-10H2,1-3H3,(H,19,20). The molecule has 1 unspecified atom stereocenters. The van der Waals surface area contributed by atoms with Crippen LogP contribution in [0.1, 0.15) is 31.9 Å². The summed E-state index contributed by atoms with van der Waals surface area (Å²) in [6, 6.07) is 8.10. The quantitative estimate of drug-likeness (QED) is 0.684. The first-order chi connectivity index (χ1) is 10.5. The van der Waals surface area contributed by atoms with E-state index in [2.05, 4.69) is 29.2 Å². The molecule has 0 bridgehead atoms. The molecule has 22 heavy (non-hydrogen) atoms. The van der Waals surface area contributed by atoms with E-state index in [0.29, 0.717) is 24.2 Å². The topological polar surface area (TPSA) is 59.6 Å². The van der Waals surface area contributed by atoms with Crippen LogP contribution < -0.4 is 10.6 Å². The van der Waals surface area contributed by atoms with Gasteiger partial charge in [-0.2, -0.15) is 0 Å². The molecule has 0 spiro atoms. The summed E-state index contributed by atoms with van der Waals surface area (Å²) in [5, 5.41) is 6.66. The van der Waals surface area contributed by atoms with Gasteiger partial charge in [-0.15, -0.1) is 0 Å². The van der Waals surface area contributed by atoms with Gasteiger partial charge in [-0.3, -0.25) is 0 Å². The number of hydrogen-bond donors (Lipinski definition) is 2. The molecule has 5 nitrogen and oxygen atoms in total. The first-order valence-corrected chi connectivity index (χ1v) is 7.83. The first kappa shape index (κ1) is 18.7. The van der Waals surface area contributed by atoms with Crippen LogP contribution in [0, 0.1) is 0 Å². The van der Waals surface area contributed by atoms with Crippen molar-refractivity contribution in [2.75, 3.05) is 26.8 Å². The van der Waals surface area contributed by atoms with Crippen LogP contribution in [-0.2, 0) is 9.47 Å². The Bertz CT molecular complexity index is 455. The van der Waals surface area contributed by atoms with Gasteiger partial charge in [0, 0.05) is 17.6 Å². The number of carbonyl (C=O) groups excluding carboxylic acids is 1. The lowest BCUT2D eigenvalue weighted by Gasteiger charge is -2.20. The number of rotatable bonds is 9. The summed E-state index contributed by atoms with van der Waals surface area (Å²) in [4.78, 5) is 11.0. The number of carbonyl (C=O) groups is 1. The molecule has 0 fully saturated rings. The van der Waals surface area contributed by atoms with E-state index in [0.717, 1.165) is 18.5 Å². The van der Waals surface area contributed by atoms with Crippen LogP contribution >= 0.6 is 11.6 Å². The van der Waals surface area contributed by atoms with E-state index in [9.17, 15) is 4.79 Å². The molecular formula is C16H25ClN2O3. The molecule has 124 valence electrons. The molecule has 0 aliphatic rings. The van der Waals surface area contributed by atoms with E-state index >= 15 is 0 Å². The maximum absolute atomic E-state index is 11.0. The minimum atomic E-state index is -0.454. The van der Waals surface area contributed by atoms with Gasteiger partial charge in [0.1, 0.15) is 0 Å². The highest BCUT2D eigenvalue weighted by Gasteiger charge is 2.13. The first-order valence-electron chi connectivity index (χ1n) is 7.45. The average molecular weight is 329 g/mol. The lowest BCUT2D eigenvalue weighted by molar-refractivity contribution is 0.0479. The molecule has 0 aliphatic heterocycles. The average Bonchev–Trinajstić information content (AvgIpc) is 2.49. The van der Waals surface area contributed by atoms with Gasteiger partial charge in [0.2, 0.25) is 0 Å². The van der Waals surface area contributed by atoms with E-state index in [1.54, 1.807) is 0 Å². The number of alkyl carbamates (subject to hydrolysis) is 1. The predicted octanol–water partition coefficient (Wildman–Crippen LogP) is 3.14. The zero-order chi connectivity index (χ0) is 16.4. The molecule has 0 saturated carbocycles. The molecule has 2 N–H and O–H groups in total. The highest BCUT2D eigenvalue weighted by Crippen LogP contribution is 2.23. The van der Waals surface area contributed by atoms with Gasteiger partial charge in [-0.25, -0.2) is 4.79 Å². The normalized spacial score (nSPS) is 12.2. The summed E-state index contributed by atoms with van der Waals surface area (Å²) in [6.45, 7) is 5.87. The van der Waals surface area contributed by atoms with Crippen LogP contribution in [0.2, 0.25) is 5.02 Å². The number of methoxy groups -OCH3 is 1. The Morgan fingerprint density at radius 1 is 1.32 bits per heavy atom. The van der Waals surface area contributed by atoms with E-state index < -0.39 is 6.09 Å². The second-order valence-corrected chi connectivity index (χ2v) is 5.67. The molecule has 0 heterocycles. The molecule has 6 heteroatoms. The van der Waals surface area contributed by atoms with Crippen molar-refractivity contribution in [3.05, 3.63) is 34.9 Å². The van der Waals surface area contributed by atoms with Gasteiger partial charge in [0.25, 0.3) is 0 Å². The van der Waals surface area contributed by atoms with Crippen LogP contribution in [0.3, 0.4) is 0 Å². The van der Waals surface area contributed by atoms with Crippen molar-refractivity contribution in [3.63, 3.8) is 0 Å². The third-order valence-corrected chi connectivity index (χ3v) is 3.29. The Balaban J connectivity index is 2.52. The van der Waals surface area contributed by atoms with Crippen LogP contribution in [0.15, 0.2) is 24.3 Å². The fourth-order valence-corrected chi connectivity index (χ4v) is 2.18. The Morgan fingerprint density at radius 3 is 2.73 bits per heavy atom. The molecule has 1 amide bonds. The van der Waals surface area contributed by atoms with E-state index in [4.69, 9.17) is 16.3 Å². The largest absolute Gasteiger partial charge is 0.453 e. The predicted molar refractivity (Wildman–Crippen MR) is 88.3 cm³/mol. The minimum Gasteiger partial charge on any atom is -0.453 e. The van der Waals surface area contributed by atoms with E-state index in [-0.39, 0.29) is 6.10 Å². The smallest absolute Gasteiger partial charge is 0.406 e. The van der Waals surface area contributed by atoms with Gasteiger partial charge in [0.05, 0.1) is 19.8 Å². The zero-order valence-electron chi connectivity index (χ0n) is 13.4. The molecule has 1 atom stereocenters. The Labute approximate surface area is 137 Å². The van der Waals surface area contributed by atoms with Crippen molar-refractivity contribution in [3.8, 4) is 0 Å². The number of nitrogens with one attached hydrogen (secondary N) is 2. The van der Waals surface area contributed by atoms with Gasteiger partial charge in [0.15, 0.2) is 0 Å². The summed E-state index contributed by atoms with van der Waals surface area (Å²) in [7, 11) is 1.34. The highest BCUT2D eigenvalue weighted by atomic mass is 35.5. The fraction of sp³-hybridized carbons (Fsp3) is 0.562. The van der Waals surface area contributed by atoms with Crippen molar-refractivity contribution < 1.29 is 14.3 Å². The van der Waals surface area contributed by atoms with E-state index in [1.165, 1.54) is 7.11 Å². The molecule has 1 aromatic carbocycles. The van der Waals surface area contributed by atoms with Crippen LogP contribution in [0.25, 0.3) is 0 Å². The van der Waals surface area contributed by atoms with Crippen molar-refractivity contribution in [1.29, 1.82) is 0 Å². The Kier molecular flexibility index (Phi) is 8.89. The van der Waals surface area contributed by atoms with Crippen molar-refractivity contribution >= 4 is 17.7 Å². The van der Waals surface area contributed by atoms with Gasteiger partial charge >= 0.3 is 6.09 Å². The van der Waals surface area contributed by atoms with Gasteiger partial charge in [-0.1, -0.05) is 37.6 Å². The third-order valence-electron chi connectivity index (χ3n) is 3.06. The number of ether oxygens (including phenoxy) is 2. The molecule has 0 aromatic heterocycles. The maximum atomic E-state index is 11.0.